The van der Waals surface area contributed by atoms with Crippen molar-refractivity contribution in [2.45, 2.75) is 0 Å². The SMILES string of the molecule is [O-][N+]1(N2CCNCC2)CCOO1. The molecule has 0 aromatic rings. The second-order valence-corrected chi connectivity index (χ2v) is 2.96. The number of hydrogen-bond acceptors (Lipinski definition) is 5. The summed E-state index contributed by atoms with van der Waals surface area (Å²) >= 11 is 0. The fourth-order valence-electron chi connectivity index (χ4n) is 1.46. The first kappa shape index (κ1) is 8.36. The molecule has 2 saturated heterocycles. The Labute approximate surface area is 70.7 Å². The molecule has 1 N–H and O–H groups in total. The molecule has 2 aliphatic heterocycles. The molecule has 12 heavy (non-hydrogen) atoms. The Hall–Kier alpha value is -0.240. The first-order valence-corrected chi connectivity index (χ1v) is 4.18. The lowest BCUT2D eigenvalue weighted by atomic mass is 10.4. The van der Waals surface area contributed by atoms with Gasteiger partial charge >= 0.3 is 0 Å². The lowest BCUT2D eigenvalue weighted by Crippen LogP contribution is -2.59. The molecule has 70 valence electrons. The van der Waals surface area contributed by atoms with E-state index in [4.69, 9.17) is 0 Å². The highest BCUT2D eigenvalue weighted by atomic mass is 17.4. The van der Waals surface area contributed by atoms with Crippen molar-refractivity contribution in [2.24, 2.45) is 0 Å². The molecule has 0 aliphatic carbocycles. The second-order valence-electron chi connectivity index (χ2n) is 2.96. The number of nitrogens with one attached hydrogen (secondary N) is 1. The lowest BCUT2D eigenvalue weighted by Gasteiger charge is -2.41. The van der Waals surface area contributed by atoms with Gasteiger partial charge in [0.15, 0.2) is 6.54 Å². The van der Waals surface area contributed by atoms with E-state index in [-0.39, 0.29) is 0 Å². The Kier molecular flexibility index (Phi) is 2.26. The molecule has 6 heteroatoms. The van der Waals surface area contributed by atoms with Gasteiger partial charge in [0.05, 0.1) is 13.1 Å². The molecule has 1 atom stereocenters. The van der Waals surface area contributed by atoms with Crippen molar-refractivity contribution in [1.29, 1.82) is 0 Å². The van der Waals surface area contributed by atoms with Gasteiger partial charge in [-0.2, -0.15) is 4.89 Å². The molecule has 0 amide bonds. The Morgan fingerprint density at radius 1 is 1.33 bits per heavy atom. The molecule has 1 unspecified atom stereocenters. The van der Waals surface area contributed by atoms with Gasteiger partial charge < -0.3 is 10.5 Å². The van der Waals surface area contributed by atoms with E-state index in [2.05, 4.69) is 15.2 Å². The van der Waals surface area contributed by atoms with Crippen molar-refractivity contribution >= 4 is 0 Å². The van der Waals surface area contributed by atoms with Gasteiger partial charge in [-0.25, -0.2) is 0 Å². The molecular weight excluding hydrogens is 162 g/mol. The first-order valence-electron chi connectivity index (χ1n) is 4.18. The monoisotopic (exact) mass is 175 g/mol. The molecule has 0 aromatic carbocycles. The van der Waals surface area contributed by atoms with E-state index in [0.29, 0.717) is 26.2 Å². The fourth-order valence-corrected chi connectivity index (χ4v) is 1.46. The van der Waals surface area contributed by atoms with Gasteiger partial charge in [0.1, 0.15) is 6.61 Å². The van der Waals surface area contributed by atoms with Crippen LogP contribution in [-0.2, 0) is 9.88 Å². The Morgan fingerprint density at radius 2 is 2.08 bits per heavy atom. The predicted octanol–water partition coefficient (Wildman–Crippen LogP) is -1.00. The number of hydrogen-bond donors (Lipinski definition) is 1. The molecular formula is C6H13N3O3. The zero-order valence-corrected chi connectivity index (χ0v) is 6.86. The van der Waals surface area contributed by atoms with Gasteiger partial charge in [0, 0.05) is 13.1 Å². The molecule has 2 rings (SSSR count). The Morgan fingerprint density at radius 3 is 2.67 bits per heavy atom. The van der Waals surface area contributed by atoms with Crippen LogP contribution < -0.4 is 5.32 Å². The van der Waals surface area contributed by atoms with Crippen LogP contribution in [0.4, 0.5) is 0 Å². The smallest absolute Gasteiger partial charge is 0.158 e. The van der Waals surface area contributed by atoms with Crippen molar-refractivity contribution in [3.8, 4) is 0 Å². The molecule has 6 nitrogen and oxygen atoms in total. The summed E-state index contributed by atoms with van der Waals surface area (Å²) in [6.07, 6.45) is 0. The van der Waals surface area contributed by atoms with Gasteiger partial charge in [-0.1, -0.05) is 4.92 Å². The van der Waals surface area contributed by atoms with Crippen LogP contribution in [0.3, 0.4) is 0 Å². The average Bonchev–Trinajstić information content (AvgIpc) is 2.55. The van der Waals surface area contributed by atoms with Crippen LogP contribution in [0.5, 0.6) is 0 Å². The van der Waals surface area contributed by atoms with E-state index in [1.165, 1.54) is 0 Å². The van der Waals surface area contributed by atoms with Crippen molar-refractivity contribution in [3.05, 3.63) is 5.21 Å². The van der Waals surface area contributed by atoms with E-state index >= 15 is 0 Å². The van der Waals surface area contributed by atoms with E-state index in [1.54, 1.807) is 5.01 Å². The highest BCUT2D eigenvalue weighted by molar-refractivity contribution is 4.60. The average molecular weight is 175 g/mol. The van der Waals surface area contributed by atoms with Crippen molar-refractivity contribution in [2.75, 3.05) is 39.3 Å². The topological polar surface area (TPSA) is 56.8 Å². The minimum Gasteiger partial charge on any atom is -0.575 e. The quantitative estimate of drug-likeness (QED) is 0.314. The summed E-state index contributed by atoms with van der Waals surface area (Å²) in [5, 5.41) is 16.6. The normalized spacial score (nSPS) is 38.8. The molecule has 0 bridgehead atoms. The van der Waals surface area contributed by atoms with Crippen LogP contribution in [0.2, 0.25) is 0 Å². The van der Waals surface area contributed by atoms with Gasteiger partial charge in [-0.3, -0.25) is 0 Å². The van der Waals surface area contributed by atoms with Crippen LogP contribution in [-0.4, -0.2) is 49.3 Å². The fraction of sp³-hybridized carbons (Fsp3) is 1.00. The van der Waals surface area contributed by atoms with Crippen molar-refractivity contribution in [1.82, 2.24) is 10.3 Å². The lowest BCUT2D eigenvalue weighted by molar-refractivity contribution is -1.17. The van der Waals surface area contributed by atoms with E-state index in [0.717, 1.165) is 13.1 Å². The largest absolute Gasteiger partial charge is 0.575 e. The van der Waals surface area contributed by atoms with E-state index < -0.39 is 4.92 Å². The summed E-state index contributed by atoms with van der Waals surface area (Å²) in [4.78, 5) is 8.51. The maximum absolute atomic E-state index is 11.7. The number of hydroxylamine groups is 2. The number of nitrogens with zero attached hydrogens (tertiary/aromatic N) is 2. The minimum atomic E-state index is -0.762. The summed E-state index contributed by atoms with van der Waals surface area (Å²) in [6.45, 7) is 3.85. The van der Waals surface area contributed by atoms with Crippen molar-refractivity contribution < 1.29 is 14.8 Å². The summed E-state index contributed by atoms with van der Waals surface area (Å²) in [6, 6.07) is 0. The van der Waals surface area contributed by atoms with E-state index in [9.17, 15) is 5.21 Å². The number of rotatable bonds is 1. The van der Waals surface area contributed by atoms with E-state index in [1.807, 2.05) is 0 Å². The number of piperazine rings is 1. The maximum Gasteiger partial charge on any atom is 0.158 e. The van der Waals surface area contributed by atoms with Crippen LogP contribution in [0.25, 0.3) is 0 Å². The first-order chi connectivity index (χ1) is 5.81. The van der Waals surface area contributed by atoms with Gasteiger partial charge in [-0.15, -0.1) is 5.01 Å². The minimum absolute atomic E-state index is 0.361. The molecule has 0 aromatic heterocycles. The van der Waals surface area contributed by atoms with Crippen LogP contribution >= 0.6 is 0 Å². The van der Waals surface area contributed by atoms with Crippen LogP contribution in [0, 0.1) is 5.21 Å². The molecule has 2 fully saturated rings. The van der Waals surface area contributed by atoms with Crippen LogP contribution in [0.15, 0.2) is 0 Å². The molecule has 0 spiro atoms. The highest BCUT2D eigenvalue weighted by Crippen LogP contribution is 2.17. The molecule has 2 heterocycles. The summed E-state index contributed by atoms with van der Waals surface area (Å²) < 4.78 is 0. The molecule has 0 radical (unpaired) electrons. The molecule has 2 aliphatic rings. The summed E-state index contributed by atoms with van der Waals surface area (Å²) in [5.41, 5.74) is 0. The third kappa shape index (κ3) is 1.45. The Balaban J connectivity index is 1.96. The molecule has 0 saturated carbocycles. The predicted molar refractivity (Wildman–Crippen MR) is 40.0 cm³/mol. The second kappa shape index (κ2) is 3.25. The van der Waals surface area contributed by atoms with Gasteiger partial charge in [0.2, 0.25) is 0 Å². The van der Waals surface area contributed by atoms with Crippen LogP contribution in [0.1, 0.15) is 0 Å². The standard InChI is InChI=1S/C6H13N3O3/c10-9(5-6-11-12-9)8-3-1-7-2-4-8/h7H,1-6H2. The summed E-state index contributed by atoms with van der Waals surface area (Å²) in [5.74, 6) is 0. The number of quaternary nitrogens is 1. The maximum atomic E-state index is 11.7. The van der Waals surface area contributed by atoms with Gasteiger partial charge in [-0.05, 0) is 4.99 Å². The van der Waals surface area contributed by atoms with Gasteiger partial charge in [0.25, 0.3) is 0 Å². The highest BCUT2D eigenvalue weighted by Gasteiger charge is 2.36. The Bertz CT molecular complexity index is 154. The third-order valence-corrected chi connectivity index (χ3v) is 2.15. The van der Waals surface area contributed by atoms with Crippen molar-refractivity contribution in [3.63, 3.8) is 0 Å². The zero-order chi connectivity index (χ0) is 8.44. The summed E-state index contributed by atoms with van der Waals surface area (Å²) in [7, 11) is 0. The zero-order valence-electron chi connectivity index (χ0n) is 6.86. The third-order valence-electron chi connectivity index (χ3n) is 2.15.